The van der Waals surface area contributed by atoms with Gasteiger partial charge in [0, 0.05) is 0 Å². The molecule has 0 fully saturated rings. The van der Waals surface area contributed by atoms with E-state index in [9.17, 15) is 0 Å². The SMILES string of the molecule is NCCCC(N)(S)S. The molecule has 50 valence electrons. The molecule has 0 heterocycles. The van der Waals surface area contributed by atoms with E-state index in [0.717, 1.165) is 12.8 Å². The van der Waals surface area contributed by atoms with E-state index in [0.29, 0.717) is 6.54 Å². The molecule has 8 heavy (non-hydrogen) atoms. The lowest BCUT2D eigenvalue weighted by molar-refractivity contribution is 0.696. The Balaban J connectivity index is 3.11. The summed E-state index contributed by atoms with van der Waals surface area (Å²) < 4.78 is -0.640. The molecule has 4 N–H and O–H groups in total. The quantitative estimate of drug-likeness (QED) is 0.345. The topological polar surface area (TPSA) is 52.0 Å². The molecule has 0 aliphatic rings. The van der Waals surface area contributed by atoms with E-state index < -0.39 is 4.20 Å². The van der Waals surface area contributed by atoms with E-state index >= 15 is 0 Å². The predicted molar refractivity (Wildman–Crippen MR) is 43.2 cm³/mol. The van der Waals surface area contributed by atoms with Crippen LogP contribution in [0.25, 0.3) is 0 Å². The van der Waals surface area contributed by atoms with Crippen LogP contribution in [-0.4, -0.2) is 10.7 Å². The second kappa shape index (κ2) is 3.61. The summed E-state index contributed by atoms with van der Waals surface area (Å²) in [4.78, 5) is 0. The minimum atomic E-state index is -0.640. The van der Waals surface area contributed by atoms with Gasteiger partial charge in [-0.15, -0.1) is 25.3 Å². The summed E-state index contributed by atoms with van der Waals surface area (Å²) in [5, 5.41) is 0. The summed E-state index contributed by atoms with van der Waals surface area (Å²) in [6.07, 6.45) is 1.62. The molecule has 0 amide bonds. The van der Waals surface area contributed by atoms with Crippen molar-refractivity contribution in [2.75, 3.05) is 6.54 Å². The fourth-order valence-electron chi connectivity index (χ4n) is 0.362. The second-order valence-corrected chi connectivity index (χ2v) is 3.72. The van der Waals surface area contributed by atoms with Crippen LogP contribution < -0.4 is 11.5 Å². The normalized spacial score (nSPS) is 12.0. The smallest absolute Gasteiger partial charge is 0.103 e. The van der Waals surface area contributed by atoms with Gasteiger partial charge >= 0.3 is 0 Å². The van der Waals surface area contributed by atoms with Crippen LogP contribution in [0.2, 0.25) is 0 Å². The fraction of sp³-hybridized carbons (Fsp3) is 1.00. The number of hydrogen-bond acceptors (Lipinski definition) is 4. The molecule has 0 aliphatic heterocycles. The molecule has 0 spiro atoms. The number of thiol groups is 2. The van der Waals surface area contributed by atoms with Gasteiger partial charge in [-0.25, -0.2) is 0 Å². The Morgan fingerprint density at radius 1 is 1.38 bits per heavy atom. The van der Waals surface area contributed by atoms with Crippen molar-refractivity contribution in [3.8, 4) is 0 Å². The van der Waals surface area contributed by atoms with Crippen molar-refractivity contribution in [3.05, 3.63) is 0 Å². The van der Waals surface area contributed by atoms with E-state index in [1.807, 2.05) is 0 Å². The first-order valence-corrected chi connectivity index (χ1v) is 3.39. The number of hydrogen-bond donors (Lipinski definition) is 4. The van der Waals surface area contributed by atoms with Gasteiger partial charge in [0.15, 0.2) is 0 Å². The van der Waals surface area contributed by atoms with Crippen molar-refractivity contribution in [2.24, 2.45) is 11.5 Å². The Morgan fingerprint density at radius 3 is 2.00 bits per heavy atom. The third kappa shape index (κ3) is 6.62. The van der Waals surface area contributed by atoms with Crippen molar-refractivity contribution in [3.63, 3.8) is 0 Å². The molecule has 0 rings (SSSR count). The van der Waals surface area contributed by atoms with Gasteiger partial charge < -0.3 is 11.5 Å². The molecule has 0 saturated heterocycles. The van der Waals surface area contributed by atoms with Gasteiger partial charge in [-0.3, -0.25) is 0 Å². The predicted octanol–water partition coefficient (Wildman–Crippen LogP) is 0.197. The Morgan fingerprint density at radius 2 is 1.88 bits per heavy atom. The molecule has 2 nitrogen and oxygen atoms in total. The van der Waals surface area contributed by atoms with E-state index in [-0.39, 0.29) is 0 Å². The van der Waals surface area contributed by atoms with Crippen molar-refractivity contribution < 1.29 is 0 Å². The zero-order valence-electron chi connectivity index (χ0n) is 4.67. The van der Waals surface area contributed by atoms with Crippen LogP contribution in [0.4, 0.5) is 0 Å². The highest BCUT2D eigenvalue weighted by atomic mass is 32.2. The van der Waals surface area contributed by atoms with Crippen LogP contribution in [0.3, 0.4) is 0 Å². The average Bonchev–Trinajstić information content (AvgIpc) is 1.59. The maximum absolute atomic E-state index is 5.39. The van der Waals surface area contributed by atoms with Gasteiger partial charge in [-0.2, -0.15) is 0 Å². The van der Waals surface area contributed by atoms with Crippen LogP contribution in [0.1, 0.15) is 12.8 Å². The molecule has 0 aromatic carbocycles. The number of rotatable bonds is 3. The summed E-state index contributed by atoms with van der Waals surface area (Å²) in [5.41, 5.74) is 10.6. The Kier molecular flexibility index (Phi) is 3.89. The Bertz CT molecular complexity index is 59.5. The van der Waals surface area contributed by atoms with Gasteiger partial charge in [0.2, 0.25) is 0 Å². The lowest BCUT2D eigenvalue weighted by atomic mass is 10.3. The van der Waals surface area contributed by atoms with Crippen molar-refractivity contribution in [1.82, 2.24) is 0 Å². The monoisotopic (exact) mass is 152 g/mol. The van der Waals surface area contributed by atoms with Crippen molar-refractivity contribution >= 4 is 25.3 Å². The molecule has 0 bridgehead atoms. The van der Waals surface area contributed by atoms with E-state index in [4.69, 9.17) is 11.5 Å². The van der Waals surface area contributed by atoms with Gasteiger partial charge in [0.1, 0.15) is 4.20 Å². The zero-order valence-corrected chi connectivity index (χ0v) is 6.46. The van der Waals surface area contributed by atoms with Crippen molar-refractivity contribution in [2.45, 2.75) is 17.0 Å². The summed E-state index contributed by atoms with van der Waals surface area (Å²) in [5.74, 6) is 0. The molecule has 0 radical (unpaired) electrons. The molecule has 0 atom stereocenters. The van der Waals surface area contributed by atoms with E-state index in [1.165, 1.54) is 0 Å². The second-order valence-electron chi connectivity index (χ2n) is 1.77. The third-order valence-corrected chi connectivity index (χ3v) is 1.20. The minimum absolute atomic E-state index is 0.640. The highest BCUT2D eigenvalue weighted by Crippen LogP contribution is 2.17. The Hall–Kier alpha value is 0.620. The third-order valence-electron chi connectivity index (χ3n) is 0.749. The Labute approximate surface area is 60.8 Å². The molecular weight excluding hydrogens is 140 g/mol. The highest BCUT2D eigenvalue weighted by molar-refractivity contribution is 8.00. The van der Waals surface area contributed by atoms with E-state index in [1.54, 1.807) is 0 Å². The fourth-order valence-corrected chi connectivity index (χ4v) is 0.678. The molecular formula is C4H12N2S2. The average molecular weight is 152 g/mol. The van der Waals surface area contributed by atoms with Gasteiger partial charge in [-0.1, -0.05) is 0 Å². The van der Waals surface area contributed by atoms with Crippen LogP contribution >= 0.6 is 25.3 Å². The molecule has 0 aromatic heterocycles. The van der Waals surface area contributed by atoms with Crippen LogP contribution in [0.5, 0.6) is 0 Å². The summed E-state index contributed by atoms with van der Waals surface area (Å²) in [7, 11) is 0. The summed E-state index contributed by atoms with van der Waals surface area (Å²) in [6, 6.07) is 0. The van der Waals surface area contributed by atoms with Gasteiger partial charge in [-0.05, 0) is 19.4 Å². The minimum Gasteiger partial charge on any atom is -0.330 e. The largest absolute Gasteiger partial charge is 0.330 e. The summed E-state index contributed by atoms with van der Waals surface area (Å²) in [6.45, 7) is 0.653. The van der Waals surface area contributed by atoms with Crippen LogP contribution in [-0.2, 0) is 0 Å². The molecule has 0 aromatic rings. The maximum Gasteiger partial charge on any atom is 0.103 e. The summed E-state index contributed by atoms with van der Waals surface area (Å²) >= 11 is 7.95. The molecule has 4 heteroatoms. The van der Waals surface area contributed by atoms with Crippen LogP contribution in [0.15, 0.2) is 0 Å². The zero-order chi connectivity index (χ0) is 6.62. The molecule has 0 aliphatic carbocycles. The molecule has 0 unspecified atom stereocenters. The lowest BCUT2D eigenvalue weighted by Crippen LogP contribution is -2.26. The molecule has 0 saturated carbocycles. The van der Waals surface area contributed by atoms with Gasteiger partial charge in [0.05, 0.1) is 0 Å². The van der Waals surface area contributed by atoms with Gasteiger partial charge in [0.25, 0.3) is 0 Å². The number of nitrogens with two attached hydrogens (primary N) is 2. The first-order valence-electron chi connectivity index (χ1n) is 2.50. The first-order chi connectivity index (χ1) is 3.56. The van der Waals surface area contributed by atoms with Crippen molar-refractivity contribution in [1.29, 1.82) is 0 Å². The maximum atomic E-state index is 5.39. The highest BCUT2D eigenvalue weighted by Gasteiger charge is 2.10. The standard InChI is InChI=1S/C4H12N2S2/c5-3-1-2-4(6,7)8/h7-8H,1-3,5-6H2. The lowest BCUT2D eigenvalue weighted by Gasteiger charge is -2.14. The van der Waals surface area contributed by atoms with E-state index in [2.05, 4.69) is 25.3 Å². The van der Waals surface area contributed by atoms with Crippen LogP contribution in [0, 0.1) is 0 Å². The first kappa shape index (κ1) is 8.62.